The number of aromatic nitrogens is 2. The first kappa shape index (κ1) is 17.8. The van der Waals surface area contributed by atoms with E-state index in [4.69, 9.17) is 9.26 Å². The van der Waals surface area contributed by atoms with E-state index in [0.29, 0.717) is 30.8 Å². The van der Waals surface area contributed by atoms with Gasteiger partial charge in [-0.05, 0) is 6.07 Å². The molecule has 0 aliphatic carbocycles. The highest BCUT2D eigenvalue weighted by Gasteiger charge is 2.21. The molecule has 2 aromatic rings. The summed E-state index contributed by atoms with van der Waals surface area (Å²) in [6, 6.07) is 7.86. The second kappa shape index (κ2) is 7.81. The predicted molar refractivity (Wildman–Crippen MR) is 93.0 cm³/mol. The van der Waals surface area contributed by atoms with Gasteiger partial charge < -0.3 is 19.9 Å². The van der Waals surface area contributed by atoms with Crippen molar-refractivity contribution in [2.45, 2.75) is 39.3 Å². The van der Waals surface area contributed by atoms with Gasteiger partial charge in [0.05, 0.1) is 13.7 Å². The molecule has 2 N–H and O–H groups in total. The molecule has 0 amide bonds. The number of guanidine groups is 1. The number of hydrogen-bond acceptors (Lipinski definition) is 5. The maximum absolute atomic E-state index is 5.34. The molecule has 0 aliphatic heterocycles. The summed E-state index contributed by atoms with van der Waals surface area (Å²) >= 11 is 0. The number of benzene rings is 1. The van der Waals surface area contributed by atoms with Crippen LogP contribution in [0.4, 0.5) is 0 Å². The third-order valence-corrected chi connectivity index (χ3v) is 3.39. The quantitative estimate of drug-likeness (QED) is 0.646. The van der Waals surface area contributed by atoms with Crippen molar-refractivity contribution in [1.82, 2.24) is 20.8 Å². The Hall–Kier alpha value is -2.57. The summed E-state index contributed by atoms with van der Waals surface area (Å²) in [4.78, 5) is 8.59. The first-order chi connectivity index (χ1) is 11.4. The number of ether oxygens (including phenoxy) is 1. The summed E-state index contributed by atoms with van der Waals surface area (Å²) in [5.41, 5.74) is 0.896. The topological polar surface area (TPSA) is 84.6 Å². The van der Waals surface area contributed by atoms with Gasteiger partial charge in [-0.2, -0.15) is 4.98 Å². The molecule has 0 atom stereocenters. The van der Waals surface area contributed by atoms with E-state index in [2.05, 4.69) is 25.8 Å². The number of aliphatic imine (C=N–C) groups is 1. The van der Waals surface area contributed by atoms with Gasteiger partial charge in [-0.15, -0.1) is 0 Å². The molecular formula is C17H25N5O2. The molecule has 0 bridgehead atoms. The molecule has 7 heteroatoms. The Morgan fingerprint density at radius 3 is 2.54 bits per heavy atom. The van der Waals surface area contributed by atoms with Gasteiger partial charge in [0.25, 0.3) is 0 Å². The number of para-hydroxylation sites is 1. The van der Waals surface area contributed by atoms with Gasteiger partial charge >= 0.3 is 0 Å². The van der Waals surface area contributed by atoms with Crippen LogP contribution in [0.25, 0.3) is 0 Å². The highest BCUT2D eigenvalue weighted by Crippen LogP contribution is 2.19. The van der Waals surface area contributed by atoms with Crippen molar-refractivity contribution in [2.24, 2.45) is 4.99 Å². The minimum Gasteiger partial charge on any atom is -0.496 e. The van der Waals surface area contributed by atoms with Gasteiger partial charge in [0, 0.05) is 24.6 Å². The summed E-state index contributed by atoms with van der Waals surface area (Å²) < 4.78 is 10.6. The van der Waals surface area contributed by atoms with Crippen molar-refractivity contribution < 1.29 is 9.26 Å². The van der Waals surface area contributed by atoms with Crippen molar-refractivity contribution in [3.8, 4) is 5.75 Å². The van der Waals surface area contributed by atoms with Crippen molar-refractivity contribution >= 4 is 5.96 Å². The minimum atomic E-state index is -0.158. The predicted octanol–water partition coefficient (Wildman–Crippen LogP) is 2.24. The number of hydrogen-bond donors (Lipinski definition) is 2. The van der Waals surface area contributed by atoms with Crippen molar-refractivity contribution in [2.75, 3.05) is 14.2 Å². The average Bonchev–Trinajstić information content (AvgIpc) is 3.04. The molecule has 0 unspecified atom stereocenters. The van der Waals surface area contributed by atoms with Gasteiger partial charge in [-0.3, -0.25) is 4.99 Å². The van der Waals surface area contributed by atoms with E-state index in [1.54, 1.807) is 14.2 Å². The summed E-state index contributed by atoms with van der Waals surface area (Å²) in [5, 5.41) is 10.4. The Morgan fingerprint density at radius 2 is 1.92 bits per heavy atom. The van der Waals surface area contributed by atoms with Crippen LogP contribution in [-0.4, -0.2) is 30.3 Å². The summed E-state index contributed by atoms with van der Waals surface area (Å²) in [5.74, 6) is 2.72. The van der Waals surface area contributed by atoms with Crippen LogP contribution in [0.2, 0.25) is 0 Å². The van der Waals surface area contributed by atoms with Crippen LogP contribution < -0.4 is 15.4 Å². The highest BCUT2D eigenvalue weighted by atomic mass is 16.5. The number of methoxy groups -OCH3 is 1. The van der Waals surface area contributed by atoms with Crippen LogP contribution >= 0.6 is 0 Å². The third kappa shape index (κ3) is 4.71. The van der Waals surface area contributed by atoms with E-state index >= 15 is 0 Å². The molecule has 7 nitrogen and oxygen atoms in total. The van der Waals surface area contributed by atoms with Crippen LogP contribution in [0.15, 0.2) is 33.8 Å². The largest absolute Gasteiger partial charge is 0.496 e. The number of nitrogens with one attached hydrogen (secondary N) is 2. The Kier molecular flexibility index (Phi) is 5.78. The first-order valence-corrected chi connectivity index (χ1v) is 7.83. The van der Waals surface area contributed by atoms with E-state index in [0.717, 1.165) is 11.3 Å². The molecule has 2 rings (SSSR count). The first-order valence-electron chi connectivity index (χ1n) is 7.83. The lowest BCUT2D eigenvalue weighted by Crippen LogP contribution is -2.36. The van der Waals surface area contributed by atoms with E-state index < -0.39 is 0 Å². The van der Waals surface area contributed by atoms with E-state index in [-0.39, 0.29) is 5.41 Å². The molecule has 0 saturated heterocycles. The molecule has 130 valence electrons. The summed E-state index contributed by atoms with van der Waals surface area (Å²) in [6.45, 7) is 7.14. The third-order valence-electron chi connectivity index (χ3n) is 3.39. The minimum absolute atomic E-state index is 0.158. The van der Waals surface area contributed by atoms with Crippen LogP contribution in [0.1, 0.15) is 38.0 Å². The van der Waals surface area contributed by atoms with Crippen LogP contribution in [0.5, 0.6) is 5.75 Å². The van der Waals surface area contributed by atoms with Crippen LogP contribution in [0.3, 0.4) is 0 Å². The second-order valence-electron chi connectivity index (χ2n) is 6.36. The highest BCUT2D eigenvalue weighted by molar-refractivity contribution is 5.79. The smallest absolute Gasteiger partial charge is 0.232 e. The fraction of sp³-hybridized carbons (Fsp3) is 0.471. The zero-order valence-electron chi connectivity index (χ0n) is 14.9. The fourth-order valence-corrected chi connectivity index (χ4v) is 2.04. The van der Waals surface area contributed by atoms with Crippen molar-refractivity contribution in [3.63, 3.8) is 0 Å². The van der Waals surface area contributed by atoms with Crippen LogP contribution in [-0.2, 0) is 18.5 Å². The zero-order valence-corrected chi connectivity index (χ0v) is 14.9. The molecule has 1 aromatic heterocycles. The summed E-state index contributed by atoms with van der Waals surface area (Å²) in [6.07, 6.45) is 0. The van der Waals surface area contributed by atoms with Gasteiger partial charge in [-0.25, -0.2) is 0 Å². The second-order valence-corrected chi connectivity index (χ2v) is 6.36. The Balaban J connectivity index is 1.90. The van der Waals surface area contributed by atoms with Gasteiger partial charge in [-0.1, -0.05) is 44.1 Å². The molecule has 1 heterocycles. The lowest BCUT2D eigenvalue weighted by atomic mass is 9.97. The molecule has 24 heavy (non-hydrogen) atoms. The SMILES string of the molecule is CN=C(NCc1noc(C(C)(C)C)n1)NCc1ccccc1OC. The zero-order chi connectivity index (χ0) is 17.6. The maximum atomic E-state index is 5.34. The molecule has 0 aliphatic rings. The lowest BCUT2D eigenvalue weighted by Gasteiger charge is -2.13. The molecule has 0 fully saturated rings. The van der Waals surface area contributed by atoms with Gasteiger partial charge in [0.1, 0.15) is 5.75 Å². The molecule has 0 saturated carbocycles. The van der Waals surface area contributed by atoms with E-state index in [9.17, 15) is 0 Å². The average molecular weight is 331 g/mol. The molecule has 0 radical (unpaired) electrons. The Labute approximate surface area is 142 Å². The van der Waals surface area contributed by atoms with E-state index in [1.165, 1.54) is 0 Å². The molecular weight excluding hydrogens is 306 g/mol. The molecule has 0 spiro atoms. The van der Waals surface area contributed by atoms with E-state index in [1.807, 2.05) is 45.0 Å². The standard InChI is InChI=1S/C17H25N5O2/c1-17(2,3)15-21-14(22-24-15)11-20-16(18-4)19-10-12-8-6-7-9-13(12)23-5/h6-9H,10-11H2,1-5H3,(H2,18,19,20). The normalized spacial score (nSPS) is 12.1. The molecule has 1 aromatic carbocycles. The van der Waals surface area contributed by atoms with Crippen LogP contribution in [0, 0.1) is 0 Å². The number of nitrogens with zero attached hydrogens (tertiary/aromatic N) is 3. The van der Waals surface area contributed by atoms with Crippen molar-refractivity contribution in [3.05, 3.63) is 41.5 Å². The fourth-order valence-electron chi connectivity index (χ4n) is 2.04. The summed E-state index contributed by atoms with van der Waals surface area (Å²) in [7, 11) is 3.38. The Morgan fingerprint density at radius 1 is 1.21 bits per heavy atom. The monoisotopic (exact) mass is 331 g/mol. The Bertz CT molecular complexity index is 688. The lowest BCUT2D eigenvalue weighted by molar-refractivity contribution is 0.318. The van der Waals surface area contributed by atoms with Gasteiger partial charge in [0.15, 0.2) is 11.8 Å². The van der Waals surface area contributed by atoms with Crippen molar-refractivity contribution in [1.29, 1.82) is 0 Å². The number of rotatable bonds is 5. The van der Waals surface area contributed by atoms with Gasteiger partial charge in [0.2, 0.25) is 5.89 Å². The maximum Gasteiger partial charge on any atom is 0.232 e.